The molecule has 13 nitrogen and oxygen atoms in total. The maximum absolute atomic E-state index is 13.8. The van der Waals surface area contributed by atoms with Crippen molar-refractivity contribution < 1.29 is 58.7 Å². The minimum absolute atomic E-state index is 0.0277. The van der Waals surface area contributed by atoms with E-state index in [-0.39, 0.29) is 37.2 Å². The molecule has 3 heterocycles. The number of carbonyl (C=O) groups is 1. The van der Waals surface area contributed by atoms with Crippen molar-refractivity contribution in [2.75, 3.05) is 14.2 Å². The van der Waals surface area contributed by atoms with Crippen LogP contribution in [0.15, 0.2) is 0 Å². The van der Waals surface area contributed by atoms with Gasteiger partial charge in [-0.1, -0.05) is 34.6 Å². The normalized spacial score (nSPS) is 51.3. The van der Waals surface area contributed by atoms with Crippen molar-refractivity contribution in [2.24, 2.45) is 23.7 Å². The lowest BCUT2D eigenvalue weighted by molar-refractivity contribution is -0.319. The molecule has 3 rings (SSSR count). The number of methoxy groups -OCH3 is 1. The first-order valence-corrected chi connectivity index (χ1v) is 18.2. The fourth-order valence-electron chi connectivity index (χ4n) is 8.33. The quantitative estimate of drug-likeness (QED) is 0.227. The van der Waals surface area contributed by atoms with Gasteiger partial charge in [-0.2, -0.15) is 0 Å². The molecule has 3 aliphatic heterocycles. The molecular formula is C36H67NO12. The van der Waals surface area contributed by atoms with Crippen LogP contribution in [0.2, 0.25) is 0 Å². The van der Waals surface area contributed by atoms with Gasteiger partial charge in [0.25, 0.3) is 0 Å². The first kappa shape index (κ1) is 42.6. The van der Waals surface area contributed by atoms with Gasteiger partial charge in [-0.05, 0) is 60.9 Å². The van der Waals surface area contributed by atoms with E-state index < -0.39 is 96.0 Å². The number of rotatable bonds is 7. The van der Waals surface area contributed by atoms with Crippen LogP contribution in [0.4, 0.5) is 0 Å². The predicted octanol–water partition coefficient (Wildman–Crippen LogP) is 2.26. The van der Waals surface area contributed by atoms with Gasteiger partial charge in [0.05, 0.1) is 47.8 Å². The van der Waals surface area contributed by atoms with E-state index in [4.69, 9.17) is 28.4 Å². The molecule has 3 fully saturated rings. The fraction of sp³-hybridized carbons (Fsp3) is 0.972. The number of Topliss-reactive ketones (excluding diaryl/α,β-unsaturated/α-hetero) is 1. The third-order valence-corrected chi connectivity index (χ3v) is 11.6. The van der Waals surface area contributed by atoms with E-state index in [1.807, 2.05) is 20.9 Å². The second-order valence-corrected chi connectivity index (χ2v) is 15.9. The number of carbonyl (C=O) groups excluding carboxylic acids is 1. The molecule has 0 amide bonds. The average molecular weight is 706 g/mol. The van der Waals surface area contributed by atoms with Gasteiger partial charge in [-0.25, -0.2) is 0 Å². The summed E-state index contributed by atoms with van der Waals surface area (Å²) in [5, 5.41) is 61.1. The number of hydrogen-bond donors (Lipinski definition) is 6. The topological polar surface area (TPSA) is 186 Å². The highest BCUT2D eigenvalue weighted by Crippen LogP contribution is 2.41. The third kappa shape index (κ3) is 9.60. The van der Waals surface area contributed by atoms with E-state index >= 15 is 0 Å². The standard InChI is InChI=1S/C36H67NO12/c1-13-25-36(10,43)30(39)20(4)28(38)18(2)16-34(8,42)32(49-26-15-24(37-11)14-19(3)45-26)21(5)29(22(6)33(41)47-25)48-27-17-35(9,44-12)31(40)23(7)46-27/h18-27,29-33,37,39-43H,13-17H2,1-12H3/t18-,19-,20+,21+,22-,23+,24+,25-,26+,27+,29+,30-,31+,32-,33?,34-,35-,36-/m1/s1. The Labute approximate surface area is 293 Å². The SMILES string of the molecule is CC[C@H]1OC(O)[C@H](C)[C@@H](O[C@H]2C[C@@](C)(OC)[C@@H](O)[C@H](C)O2)[C@H](C)[C@@H](O[C@H]2C[C@@H](NC)C[C@@H](C)O2)[C@](C)(O)C[C@@H](C)C(=O)[C@H](C)[C@@H](O)[C@]1(C)O. The van der Waals surface area contributed by atoms with Crippen LogP contribution in [0.3, 0.4) is 0 Å². The van der Waals surface area contributed by atoms with Crippen molar-refractivity contribution in [3.05, 3.63) is 0 Å². The molecule has 6 N–H and O–H groups in total. The maximum Gasteiger partial charge on any atom is 0.161 e. The van der Waals surface area contributed by atoms with Crippen LogP contribution in [0.5, 0.6) is 0 Å². The fourth-order valence-corrected chi connectivity index (χ4v) is 8.33. The Kier molecular flexibility index (Phi) is 14.7. The molecule has 0 aromatic carbocycles. The first-order chi connectivity index (χ1) is 22.6. The molecule has 288 valence electrons. The van der Waals surface area contributed by atoms with Crippen LogP contribution >= 0.6 is 0 Å². The monoisotopic (exact) mass is 705 g/mol. The summed E-state index contributed by atoms with van der Waals surface area (Å²) in [6, 6.07) is 0.116. The molecule has 0 spiro atoms. The van der Waals surface area contributed by atoms with E-state index in [2.05, 4.69) is 5.32 Å². The molecule has 0 aromatic rings. The Morgan fingerprint density at radius 1 is 0.857 bits per heavy atom. The molecule has 49 heavy (non-hydrogen) atoms. The van der Waals surface area contributed by atoms with Gasteiger partial charge in [-0.3, -0.25) is 4.79 Å². The van der Waals surface area contributed by atoms with Crippen LogP contribution in [0.25, 0.3) is 0 Å². The number of nitrogens with one attached hydrogen (secondary N) is 1. The number of aliphatic hydroxyl groups is 5. The highest BCUT2D eigenvalue weighted by molar-refractivity contribution is 5.83. The molecule has 0 aliphatic carbocycles. The van der Waals surface area contributed by atoms with Gasteiger partial charge in [0, 0.05) is 49.7 Å². The largest absolute Gasteiger partial charge is 0.389 e. The summed E-state index contributed by atoms with van der Waals surface area (Å²) in [5.74, 6) is -3.53. The first-order valence-electron chi connectivity index (χ1n) is 18.2. The van der Waals surface area contributed by atoms with Crippen LogP contribution in [0.1, 0.15) is 101 Å². The van der Waals surface area contributed by atoms with Gasteiger partial charge in [-0.15, -0.1) is 0 Å². The van der Waals surface area contributed by atoms with Crippen molar-refractivity contribution >= 4 is 5.78 Å². The smallest absolute Gasteiger partial charge is 0.161 e. The van der Waals surface area contributed by atoms with Gasteiger partial charge in [0.2, 0.25) is 0 Å². The lowest BCUT2D eigenvalue weighted by Crippen LogP contribution is -2.60. The van der Waals surface area contributed by atoms with Gasteiger partial charge >= 0.3 is 0 Å². The molecule has 3 aliphatic rings. The number of ketones is 1. The molecule has 0 aromatic heterocycles. The van der Waals surface area contributed by atoms with E-state index in [9.17, 15) is 30.3 Å². The second-order valence-electron chi connectivity index (χ2n) is 15.9. The zero-order valence-electron chi connectivity index (χ0n) is 31.8. The van der Waals surface area contributed by atoms with Crippen molar-refractivity contribution in [2.45, 2.75) is 186 Å². The van der Waals surface area contributed by atoms with E-state index in [1.165, 1.54) is 14.0 Å². The molecule has 1 unspecified atom stereocenters. The number of aliphatic hydroxyl groups excluding tert-OH is 3. The summed E-state index contributed by atoms with van der Waals surface area (Å²) in [6.45, 7) is 17.1. The van der Waals surface area contributed by atoms with Crippen LogP contribution in [0, 0.1) is 23.7 Å². The number of hydrogen-bond acceptors (Lipinski definition) is 13. The Hall–Kier alpha value is -0.810. The average Bonchev–Trinajstić information content (AvgIpc) is 3.04. The Morgan fingerprint density at radius 3 is 2.06 bits per heavy atom. The predicted molar refractivity (Wildman–Crippen MR) is 181 cm³/mol. The summed E-state index contributed by atoms with van der Waals surface area (Å²) in [5.41, 5.74) is -4.53. The number of ether oxygens (including phenoxy) is 6. The summed E-state index contributed by atoms with van der Waals surface area (Å²) < 4.78 is 37.6. The van der Waals surface area contributed by atoms with Crippen molar-refractivity contribution in [3.8, 4) is 0 Å². The Bertz CT molecular complexity index is 1060. The van der Waals surface area contributed by atoms with Crippen molar-refractivity contribution in [1.29, 1.82) is 0 Å². The van der Waals surface area contributed by atoms with Gasteiger partial charge < -0.3 is 59.3 Å². The lowest BCUT2D eigenvalue weighted by Gasteiger charge is -2.49. The zero-order chi connectivity index (χ0) is 37.2. The summed E-state index contributed by atoms with van der Waals surface area (Å²) in [4.78, 5) is 13.8. The molecule has 0 saturated carbocycles. The van der Waals surface area contributed by atoms with Crippen LogP contribution in [-0.4, -0.2) is 130 Å². The van der Waals surface area contributed by atoms with Gasteiger partial charge in [0.15, 0.2) is 18.9 Å². The third-order valence-electron chi connectivity index (χ3n) is 11.6. The van der Waals surface area contributed by atoms with Crippen LogP contribution in [-0.2, 0) is 33.2 Å². The van der Waals surface area contributed by atoms with E-state index in [1.54, 1.807) is 48.5 Å². The summed E-state index contributed by atoms with van der Waals surface area (Å²) in [6.07, 6.45) is -7.57. The Morgan fingerprint density at radius 2 is 1.49 bits per heavy atom. The zero-order valence-corrected chi connectivity index (χ0v) is 31.8. The molecule has 0 bridgehead atoms. The Balaban J connectivity index is 2.14. The maximum atomic E-state index is 13.8. The van der Waals surface area contributed by atoms with E-state index in [0.717, 1.165) is 6.42 Å². The summed E-state index contributed by atoms with van der Waals surface area (Å²) >= 11 is 0. The highest BCUT2D eigenvalue weighted by atomic mass is 16.7. The van der Waals surface area contributed by atoms with Crippen molar-refractivity contribution in [3.63, 3.8) is 0 Å². The van der Waals surface area contributed by atoms with E-state index in [0.29, 0.717) is 6.42 Å². The molecular weight excluding hydrogens is 638 g/mol. The highest BCUT2D eigenvalue weighted by Gasteiger charge is 2.52. The minimum Gasteiger partial charge on any atom is -0.389 e. The molecule has 18 atom stereocenters. The molecule has 0 radical (unpaired) electrons. The van der Waals surface area contributed by atoms with Crippen molar-refractivity contribution in [1.82, 2.24) is 5.32 Å². The minimum atomic E-state index is -1.90. The summed E-state index contributed by atoms with van der Waals surface area (Å²) in [7, 11) is 3.40. The van der Waals surface area contributed by atoms with Crippen LogP contribution < -0.4 is 5.32 Å². The molecule has 3 saturated heterocycles. The van der Waals surface area contributed by atoms with Gasteiger partial charge in [0.1, 0.15) is 17.5 Å². The molecule has 13 heteroatoms. The second kappa shape index (κ2) is 16.9. The lowest BCUT2D eigenvalue weighted by atomic mass is 9.74.